The van der Waals surface area contributed by atoms with Crippen molar-refractivity contribution in [3.63, 3.8) is 0 Å². The molecule has 2 nitrogen and oxygen atoms in total. The lowest BCUT2D eigenvalue weighted by Crippen LogP contribution is -2.19. The summed E-state index contributed by atoms with van der Waals surface area (Å²) in [4.78, 5) is 2.47. The van der Waals surface area contributed by atoms with Gasteiger partial charge in [-0.2, -0.15) is 0 Å². The Bertz CT molecular complexity index is 92.9. The molecule has 1 aliphatic rings. The van der Waals surface area contributed by atoms with Crippen LogP contribution in [-0.2, 0) is 0 Å². The van der Waals surface area contributed by atoms with Crippen molar-refractivity contribution >= 4 is 0 Å². The molecule has 2 heteroatoms. The van der Waals surface area contributed by atoms with Crippen molar-refractivity contribution < 1.29 is 0 Å². The largest absolute Gasteiger partial charge is 0.330 e. The van der Waals surface area contributed by atoms with Crippen LogP contribution in [0, 0.1) is 0 Å². The third-order valence-electron chi connectivity index (χ3n) is 2.06. The van der Waals surface area contributed by atoms with E-state index in [-0.39, 0.29) is 0 Å². The van der Waals surface area contributed by atoms with E-state index in [9.17, 15) is 0 Å². The molecule has 0 radical (unpaired) electrons. The van der Waals surface area contributed by atoms with Gasteiger partial charge in [-0.15, -0.1) is 0 Å². The van der Waals surface area contributed by atoms with Crippen LogP contribution in [0.3, 0.4) is 0 Å². The standard InChI is InChI=1S/C7H16N2/c1-6(3-4-8)9-5-7(9)2/h6-7H,3-5,8H2,1-2H3. The van der Waals surface area contributed by atoms with Gasteiger partial charge in [-0.25, -0.2) is 0 Å². The van der Waals surface area contributed by atoms with Gasteiger partial charge in [0, 0.05) is 18.6 Å². The van der Waals surface area contributed by atoms with E-state index in [0.717, 1.165) is 19.0 Å². The number of hydrogen-bond donors (Lipinski definition) is 1. The van der Waals surface area contributed by atoms with Crippen molar-refractivity contribution in [1.82, 2.24) is 4.90 Å². The van der Waals surface area contributed by atoms with Gasteiger partial charge in [-0.1, -0.05) is 0 Å². The van der Waals surface area contributed by atoms with Gasteiger partial charge >= 0.3 is 0 Å². The first-order valence-corrected chi connectivity index (χ1v) is 3.71. The van der Waals surface area contributed by atoms with Crippen LogP contribution in [0.25, 0.3) is 0 Å². The average Bonchev–Trinajstić information content (AvgIpc) is 2.47. The molecule has 0 spiro atoms. The quantitative estimate of drug-likeness (QED) is 0.558. The lowest BCUT2D eigenvalue weighted by Gasteiger charge is -2.10. The van der Waals surface area contributed by atoms with Gasteiger partial charge in [-0.3, -0.25) is 4.90 Å². The van der Waals surface area contributed by atoms with Crippen molar-refractivity contribution in [2.45, 2.75) is 32.4 Å². The fraction of sp³-hybridized carbons (Fsp3) is 1.00. The lowest BCUT2D eigenvalue weighted by atomic mass is 10.2. The molecule has 3 atom stereocenters. The minimum absolute atomic E-state index is 0.713. The number of hydrogen-bond acceptors (Lipinski definition) is 2. The summed E-state index contributed by atoms with van der Waals surface area (Å²) in [6, 6.07) is 1.54. The Morgan fingerprint density at radius 1 is 1.78 bits per heavy atom. The highest BCUT2D eigenvalue weighted by molar-refractivity contribution is 4.88. The maximum Gasteiger partial charge on any atom is 0.0198 e. The van der Waals surface area contributed by atoms with E-state index in [2.05, 4.69) is 18.7 Å². The second-order valence-corrected chi connectivity index (χ2v) is 2.97. The fourth-order valence-electron chi connectivity index (χ4n) is 1.28. The summed E-state index contributed by atoms with van der Waals surface area (Å²) in [6.45, 7) is 6.61. The molecule has 0 saturated carbocycles. The summed E-state index contributed by atoms with van der Waals surface area (Å²) in [5.74, 6) is 0. The topological polar surface area (TPSA) is 29.0 Å². The molecule has 2 N–H and O–H groups in total. The molecular formula is C7H16N2. The van der Waals surface area contributed by atoms with Crippen molar-refractivity contribution in [2.75, 3.05) is 13.1 Å². The molecule has 0 aromatic heterocycles. The highest BCUT2D eigenvalue weighted by Crippen LogP contribution is 2.21. The molecule has 3 unspecified atom stereocenters. The van der Waals surface area contributed by atoms with Gasteiger partial charge in [0.15, 0.2) is 0 Å². The van der Waals surface area contributed by atoms with Crippen molar-refractivity contribution in [3.8, 4) is 0 Å². The van der Waals surface area contributed by atoms with E-state index >= 15 is 0 Å². The van der Waals surface area contributed by atoms with Crippen molar-refractivity contribution in [2.24, 2.45) is 5.73 Å². The summed E-state index contributed by atoms with van der Waals surface area (Å²) < 4.78 is 0. The highest BCUT2D eigenvalue weighted by atomic mass is 15.3. The fourth-order valence-corrected chi connectivity index (χ4v) is 1.28. The maximum absolute atomic E-state index is 5.41. The van der Waals surface area contributed by atoms with Gasteiger partial charge in [0.1, 0.15) is 0 Å². The Labute approximate surface area is 57.0 Å². The third-order valence-corrected chi connectivity index (χ3v) is 2.06. The third kappa shape index (κ3) is 1.66. The smallest absolute Gasteiger partial charge is 0.0198 e. The first-order valence-electron chi connectivity index (χ1n) is 3.71. The van der Waals surface area contributed by atoms with Crippen LogP contribution < -0.4 is 5.73 Å². The second kappa shape index (κ2) is 2.67. The second-order valence-electron chi connectivity index (χ2n) is 2.97. The normalized spacial score (nSPS) is 36.3. The number of nitrogens with zero attached hydrogens (tertiary/aromatic N) is 1. The molecule has 0 aromatic carbocycles. The molecular weight excluding hydrogens is 112 g/mol. The van der Waals surface area contributed by atoms with E-state index in [4.69, 9.17) is 5.73 Å². The SMILES string of the molecule is CC(CCN)N1CC1C. The molecule has 1 saturated heterocycles. The summed E-state index contributed by atoms with van der Waals surface area (Å²) in [5, 5.41) is 0. The molecule has 1 rings (SSSR count). The van der Waals surface area contributed by atoms with Crippen LogP contribution in [0.2, 0.25) is 0 Å². The Morgan fingerprint density at radius 3 is 2.67 bits per heavy atom. The summed E-state index contributed by atoms with van der Waals surface area (Å²) in [7, 11) is 0. The molecule has 0 aromatic rings. The van der Waals surface area contributed by atoms with E-state index in [1.54, 1.807) is 0 Å². The maximum atomic E-state index is 5.41. The lowest BCUT2D eigenvalue weighted by molar-refractivity contribution is 0.384. The monoisotopic (exact) mass is 128 g/mol. The van der Waals surface area contributed by atoms with Crippen LogP contribution in [0.15, 0.2) is 0 Å². The van der Waals surface area contributed by atoms with Crippen LogP contribution >= 0.6 is 0 Å². The van der Waals surface area contributed by atoms with Crippen LogP contribution in [0.4, 0.5) is 0 Å². The zero-order chi connectivity index (χ0) is 6.85. The van der Waals surface area contributed by atoms with E-state index in [1.165, 1.54) is 6.54 Å². The van der Waals surface area contributed by atoms with E-state index in [1.807, 2.05) is 0 Å². The number of nitrogens with two attached hydrogens (primary N) is 1. The van der Waals surface area contributed by atoms with Gasteiger partial charge in [0.2, 0.25) is 0 Å². The molecule has 9 heavy (non-hydrogen) atoms. The van der Waals surface area contributed by atoms with E-state index < -0.39 is 0 Å². The Hall–Kier alpha value is -0.0800. The van der Waals surface area contributed by atoms with E-state index in [0.29, 0.717) is 6.04 Å². The zero-order valence-electron chi connectivity index (χ0n) is 6.30. The van der Waals surface area contributed by atoms with Gasteiger partial charge in [-0.05, 0) is 26.8 Å². The number of rotatable bonds is 3. The predicted molar refractivity (Wildman–Crippen MR) is 39.3 cm³/mol. The average molecular weight is 128 g/mol. The van der Waals surface area contributed by atoms with Gasteiger partial charge < -0.3 is 5.73 Å². The Balaban J connectivity index is 2.11. The minimum Gasteiger partial charge on any atom is -0.330 e. The molecule has 1 fully saturated rings. The summed E-state index contributed by atoms with van der Waals surface area (Å²) >= 11 is 0. The van der Waals surface area contributed by atoms with Crippen LogP contribution in [-0.4, -0.2) is 30.1 Å². The van der Waals surface area contributed by atoms with Crippen LogP contribution in [0.5, 0.6) is 0 Å². The summed E-state index contributed by atoms with van der Waals surface area (Å²) in [6.07, 6.45) is 1.14. The molecule has 0 amide bonds. The predicted octanol–water partition coefficient (Wildman–Crippen LogP) is 0.428. The van der Waals surface area contributed by atoms with Crippen molar-refractivity contribution in [3.05, 3.63) is 0 Å². The Kier molecular flexibility index (Phi) is 2.09. The molecule has 1 aliphatic heterocycles. The Morgan fingerprint density at radius 2 is 2.33 bits per heavy atom. The highest BCUT2D eigenvalue weighted by Gasteiger charge is 2.32. The van der Waals surface area contributed by atoms with Gasteiger partial charge in [0.05, 0.1) is 0 Å². The molecule has 0 aliphatic carbocycles. The molecule has 54 valence electrons. The van der Waals surface area contributed by atoms with Crippen LogP contribution in [0.1, 0.15) is 20.3 Å². The first kappa shape index (κ1) is 7.03. The summed E-state index contributed by atoms with van der Waals surface area (Å²) in [5.41, 5.74) is 5.41. The zero-order valence-corrected chi connectivity index (χ0v) is 6.30. The molecule has 0 bridgehead atoms. The molecule has 1 heterocycles. The van der Waals surface area contributed by atoms with Crippen molar-refractivity contribution in [1.29, 1.82) is 0 Å². The first-order chi connectivity index (χ1) is 4.25. The minimum atomic E-state index is 0.713. The van der Waals surface area contributed by atoms with Gasteiger partial charge in [0.25, 0.3) is 0 Å².